The molecule has 7 nitrogen and oxygen atoms in total. The van der Waals surface area contributed by atoms with E-state index in [9.17, 15) is 14.4 Å². The summed E-state index contributed by atoms with van der Waals surface area (Å²) in [5.74, 6) is -0.390. The molecule has 0 atom stereocenters. The SMILES string of the molecule is CN(CC(=O)NC1CC1)C(=O)Cn1ncc(=O)c2ccccc21. The number of nitrogens with one attached hydrogen (secondary N) is 1. The Kier molecular flexibility index (Phi) is 4.10. The van der Waals surface area contributed by atoms with Crippen LogP contribution in [0, 0.1) is 0 Å². The van der Waals surface area contributed by atoms with Crippen LogP contribution in [0.2, 0.25) is 0 Å². The van der Waals surface area contributed by atoms with Crippen molar-refractivity contribution in [3.8, 4) is 0 Å². The third kappa shape index (κ3) is 3.56. The van der Waals surface area contributed by atoms with E-state index in [4.69, 9.17) is 0 Å². The summed E-state index contributed by atoms with van der Waals surface area (Å²) in [4.78, 5) is 37.2. The molecule has 0 radical (unpaired) electrons. The molecule has 1 aromatic heterocycles. The summed E-state index contributed by atoms with van der Waals surface area (Å²) in [6, 6.07) is 7.28. The molecule has 0 bridgehead atoms. The summed E-state index contributed by atoms with van der Waals surface area (Å²) in [6.07, 6.45) is 3.23. The van der Waals surface area contributed by atoms with E-state index in [0.29, 0.717) is 10.9 Å². The van der Waals surface area contributed by atoms with Crippen LogP contribution in [0.5, 0.6) is 0 Å². The van der Waals surface area contributed by atoms with Gasteiger partial charge in [-0.25, -0.2) is 0 Å². The molecule has 0 unspecified atom stereocenters. The number of carbonyl (C=O) groups excluding carboxylic acids is 2. The first-order valence-electron chi connectivity index (χ1n) is 7.53. The van der Waals surface area contributed by atoms with Gasteiger partial charge in [-0.2, -0.15) is 5.10 Å². The molecule has 120 valence electrons. The fourth-order valence-corrected chi connectivity index (χ4v) is 2.34. The lowest BCUT2D eigenvalue weighted by molar-refractivity contribution is -0.135. The van der Waals surface area contributed by atoms with Crippen molar-refractivity contribution in [3.63, 3.8) is 0 Å². The molecule has 1 fully saturated rings. The maximum Gasteiger partial charge on any atom is 0.244 e. The van der Waals surface area contributed by atoms with Gasteiger partial charge in [-0.15, -0.1) is 0 Å². The highest BCUT2D eigenvalue weighted by Crippen LogP contribution is 2.18. The third-order valence-electron chi connectivity index (χ3n) is 3.80. The van der Waals surface area contributed by atoms with Crippen LogP contribution >= 0.6 is 0 Å². The van der Waals surface area contributed by atoms with Crippen LogP contribution in [0.1, 0.15) is 12.8 Å². The van der Waals surface area contributed by atoms with Crippen LogP contribution in [0.3, 0.4) is 0 Å². The quantitative estimate of drug-likeness (QED) is 0.850. The van der Waals surface area contributed by atoms with Gasteiger partial charge in [0.25, 0.3) is 0 Å². The van der Waals surface area contributed by atoms with E-state index in [0.717, 1.165) is 12.8 Å². The van der Waals surface area contributed by atoms with Crippen LogP contribution in [-0.4, -0.2) is 46.1 Å². The topological polar surface area (TPSA) is 84.3 Å². The fraction of sp³-hybridized carbons (Fsp3) is 0.375. The second-order valence-corrected chi connectivity index (χ2v) is 5.78. The van der Waals surface area contributed by atoms with Crippen molar-refractivity contribution in [2.24, 2.45) is 0 Å². The fourth-order valence-electron chi connectivity index (χ4n) is 2.34. The van der Waals surface area contributed by atoms with Crippen LogP contribution < -0.4 is 10.7 Å². The van der Waals surface area contributed by atoms with Crippen molar-refractivity contribution in [2.75, 3.05) is 13.6 Å². The lowest BCUT2D eigenvalue weighted by atomic mass is 10.2. The van der Waals surface area contributed by atoms with Crippen LogP contribution in [0.15, 0.2) is 35.3 Å². The second kappa shape index (κ2) is 6.20. The Bertz CT molecular complexity index is 810. The number of likely N-dealkylation sites (N-methyl/N-ethyl adjacent to an activating group) is 1. The summed E-state index contributed by atoms with van der Waals surface area (Å²) >= 11 is 0. The maximum atomic E-state index is 12.3. The Morgan fingerprint density at radius 3 is 2.83 bits per heavy atom. The van der Waals surface area contributed by atoms with Crippen LogP contribution in [0.4, 0.5) is 0 Å². The first kappa shape index (κ1) is 15.2. The van der Waals surface area contributed by atoms with Gasteiger partial charge in [0.2, 0.25) is 17.2 Å². The van der Waals surface area contributed by atoms with Crippen molar-refractivity contribution in [2.45, 2.75) is 25.4 Å². The van der Waals surface area contributed by atoms with Gasteiger partial charge < -0.3 is 10.2 Å². The predicted octanol–water partition coefficient (Wildman–Crippen LogP) is 0.134. The number of hydrogen-bond acceptors (Lipinski definition) is 4. The van der Waals surface area contributed by atoms with Crippen LogP contribution in [0.25, 0.3) is 10.9 Å². The van der Waals surface area contributed by atoms with E-state index < -0.39 is 0 Å². The van der Waals surface area contributed by atoms with Gasteiger partial charge in [0.1, 0.15) is 6.54 Å². The standard InChI is InChI=1S/C16H18N4O3/c1-19(9-15(22)18-11-6-7-11)16(23)10-20-13-5-3-2-4-12(13)14(21)8-17-20/h2-5,8,11H,6-7,9-10H2,1H3,(H,18,22). The van der Waals surface area contributed by atoms with Crippen molar-refractivity contribution < 1.29 is 9.59 Å². The zero-order valence-corrected chi connectivity index (χ0v) is 12.9. The summed E-state index contributed by atoms with van der Waals surface area (Å²) < 4.78 is 1.48. The number of rotatable bonds is 5. The average Bonchev–Trinajstić information content (AvgIpc) is 3.34. The minimum Gasteiger partial charge on any atom is -0.352 e. The Morgan fingerprint density at radius 2 is 2.09 bits per heavy atom. The highest BCUT2D eigenvalue weighted by atomic mass is 16.2. The molecule has 2 amide bonds. The highest BCUT2D eigenvalue weighted by Gasteiger charge is 2.24. The highest BCUT2D eigenvalue weighted by molar-refractivity contribution is 5.86. The smallest absolute Gasteiger partial charge is 0.244 e. The number of aromatic nitrogens is 2. The van der Waals surface area contributed by atoms with E-state index in [-0.39, 0.29) is 36.4 Å². The average molecular weight is 314 g/mol. The number of benzene rings is 1. The molecule has 1 heterocycles. The molecule has 23 heavy (non-hydrogen) atoms. The van der Waals surface area contributed by atoms with Crippen molar-refractivity contribution in [3.05, 3.63) is 40.7 Å². The summed E-state index contributed by atoms with van der Waals surface area (Å²) in [5, 5.41) is 7.38. The van der Waals surface area contributed by atoms with Gasteiger partial charge in [-0.1, -0.05) is 12.1 Å². The van der Waals surface area contributed by atoms with E-state index in [1.807, 2.05) is 0 Å². The lowest BCUT2D eigenvalue weighted by Gasteiger charge is -2.18. The first-order valence-corrected chi connectivity index (χ1v) is 7.53. The minimum atomic E-state index is -0.239. The molecule has 2 aromatic rings. The van der Waals surface area contributed by atoms with E-state index in [1.165, 1.54) is 15.8 Å². The maximum absolute atomic E-state index is 12.3. The lowest BCUT2D eigenvalue weighted by Crippen LogP contribution is -2.40. The summed E-state index contributed by atoms with van der Waals surface area (Å²) in [7, 11) is 1.58. The molecular weight excluding hydrogens is 296 g/mol. The Balaban J connectivity index is 1.71. The van der Waals surface area contributed by atoms with Gasteiger partial charge in [-0.3, -0.25) is 19.1 Å². The third-order valence-corrected chi connectivity index (χ3v) is 3.80. The van der Waals surface area contributed by atoms with Crippen LogP contribution in [-0.2, 0) is 16.1 Å². The Morgan fingerprint density at radius 1 is 1.35 bits per heavy atom. The Labute approximate surface area is 132 Å². The molecule has 1 aromatic carbocycles. The molecule has 0 spiro atoms. The largest absolute Gasteiger partial charge is 0.352 e. The van der Waals surface area contributed by atoms with E-state index >= 15 is 0 Å². The second-order valence-electron chi connectivity index (χ2n) is 5.78. The molecule has 1 aliphatic rings. The number of para-hydroxylation sites is 1. The summed E-state index contributed by atoms with van der Waals surface area (Å²) in [6.45, 7) is 0.00146. The van der Waals surface area contributed by atoms with Crippen molar-refractivity contribution in [1.29, 1.82) is 0 Å². The number of hydrogen-bond donors (Lipinski definition) is 1. The van der Waals surface area contributed by atoms with Gasteiger partial charge in [0.05, 0.1) is 18.3 Å². The minimum absolute atomic E-state index is 0.0198. The van der Waals surface area contributed by atoms with Gasteiger partial charge in [0.15, 0.2) is 0 Å². The van der Waals surface area contributed by atoms with Crippen molar-refractivity contribution >= 4 is 22.7 Å². The predicted molar refractivity (Wildman–Crippen MR) is 84.8 cm³/mol. The molecule has 1 N–H and O–H groups in total. The van der Waals surface area contributed by atoms with Gasteiger partial charge in [0, 0.05) is 18.5 Å². The number of fused-ring (bicyclic) bond motifs is 1. The zero-order chi connectivity index (χ0) is 16.4. The molecular formula is C16H18N4O3. The summed E-state index contributed by atoms with van der Waals surface area (Å²) in [5.41, 5.74) is 0.422. The molecule has 3 rings (SSSR count). The molecule has 1 aliphatic carbocycles. The van der Waals surface area contributed by atoms with E-state index in [2.05, 4.69) is 10.4 Å². The van der Waals surface area contributed by atoms with E-state index in [1.54, 1.807) is 31.3 Å². The zero-order valence-electron chi connectivity index (χ0n) is 12.9. The molecule has 7 heteroatoms. The number of amides is 2. The van der Waals surface area contributed by atoms with Gasteiger partial charge in [-0.05, 0) is 25.0 Å². The molecule has 1 saturated carbocycles. The molecule has 0 saturated heterocycles. The number of carbonyl (C=O) groups is 2. The van der Waals surface area contributed by atoms with Crippen molar-refractivity contribution in [1.82, 2.24) is 20.0 Å². The normalized spacial score (nSPS) is 13.8. The monoisotopic (exact) mass is 314 g/mol. The molecule has 0 aliphatic heterocycles. The first-order chi connectivity index (χ1) is 11.0. The van der Waals surface area contributed by atoms with Gasteiger partial charge >= 0.3 is 0 Å². The number of nitrogens with zero attached hydrogens (tertiary/aromatic N) is 3. The Hall–Kier alpha value is -2.70.